The molecular weight excluding hydrogens is 420 g/mol. The molecule has 2 aliphatic rings. The van der Waals surface area contributed by atoms with Crippen LogP contribution in [0, 0.1) is 5.41 Å². The Labute approximate surface area is 190 Å². The van der Waals surface area contributed by atoms with Crippen LogP contribution in [0.5, 0.6) is 5.75 Å². The van der Waals surface area contributed by atoms with E-state index in [9.17, 15) is 4.79 Å². The number of aryl methyl sites for hydroxylation is 1. The van der Waals surface area contributed by atoms with Crippen LogP contribution in [0.25, 0.3) is 17.0 Å². The van der Waals surface area contributed by atoms with Crippen molar-refractivity contribution in [2.75, 3.05) is 6.61 Å². The third-order valence-corrected chi connectivity index (χ3v) is 6.27. The van der Waals surface area contributed by atoms with Crippen molar-refractivity contribution in [1.82, 2.24) is 9.47 Å². The second-order valence-electron chi connectivity index (χ2n) is 7.63. The van der Waals surface area contributed by atoms with Crippen LogP contribution in [-0.2, 0) is 11.3 Å². The number of hydrogen-bond acceptors (Lipinski definition) is 4. The zero-order valence-corrected chi connectivity index (χ0v) is 18.4. The second-order valence-corrected chi connectivity index (χ2v) is 8.84. The van der Waals surface area contributed by atoms with Gasteiger partial charge in [0, 0.05) is 40.3 Å². The van der Waals surface area contributed by atoms with Crippen LogP contribution in [0.1, 0.15) is 18.9 Å². The van der Waals surface area contributed by atoms with E-state index in [0.29, 0.717) is 17.3 Å². The Morgan fingerprint density at radius 3 is 2.75 bits per heavy atom. The highest BCUT2D eigenvalue weighted by molar-refractivity contribution is 8.17. The Bertz CT molecular complexity index is 1300. The van der Waals surface area contributed by atoms with Crippen LogP contribution in [0.3, 0.4) is 0 Å². The number of nitrogens with one attached hydrogen (secondary N) is 1. The highest BCUT2D eigenvalue weighted by Crippen LogP contribution is 2.33. The molecule has 3 heterocycles. The van der Waals surface area contributed by atoms with E-state index in [1.165, 1.54) is 11.8 Å². The lowest BCUT2D eigenvalue weighted by Crippen LogP contribution is -2.35. The number of carbonyl (C=O) groups is 1. The fraction of sp³-hybridized carbons (Fsp3) is 0.160. The molecule has 0 atom stereocenters. The number of hydrogen-bond donors (Lipinski definition) is 1. The Morgan fingerprint density at radius 2 is 1.91 bits per heavy atom. The molecule has 0 bridgehead atoms. The molecule has 3 aromatic rings. The van der Waals surface area contributed by atoms with Crippen molar-refractivity contribution in [3.63, 3.8) is 0 Å². The number of nitrogens with zero attached hydrogens (tertiary/aromatic N) is 3. The van der Waals surface area contributed by atoms with E-state index < -0.39 is 0 Å². The first kappa shape index (κ1) is 20.3. The number of para-hydroxylation sites is 2. The van der Waals surface area contributed by atoms with Crippen LogP contribution in [-0.4, -0.2) is 33.0 Å². The molecular formula is C25H22N4O2S. The second kappa shape index (κ2) is 8.51. The molecule has 1 amide bonds. The van der Waals surface area contributed by atoms with Crippen LogP contribution in [0.4, 0.5) is 0 Å². The van der Waals surface area contributed by atoms with Crippen molar-refractivity contribution < 1.29 is 9.53 Å². The molecule has 0 saturated heterocycles. The van der Waals surface area contributed by atoms with E-state index in [0.717, 1.165) is 40.1 Å². The topological polar surface area (TPSA) is 70.7 Å². The lowest BCUT2D eigenvalue weighted by atomic mass is 10.1. The summed E-state index contributed by atoms with van der Waals surface area (Å²) >= 11 is 1.41. The number of carbonyl (C=O) groups excluding carboxylic acids is 1. The smallest absolute Gasteiger partial charge is 0.283 e. The fourth-order valence-corrected chi connectivity index (χ4v) is 4.69. The number of ether oxygens (including phenoxy) is 1. The van der Waals surface area contributed by atoms with Gasteiger partial charge in [-0.3, -0.25) is 15.1 Å². The summed E-state index contributed by atoms with van der Waals surface area (Å²) in [4.78, 5) is 19.5. The largest absolute Gasteiger partial charge is 0.494 e. The highest BCUT2D eigenvalue weighted by Gasteiger charge is 2.33. The van der Waals surface area contributed by atoms with Crippen molar-refractivity contribution in [3.8, 4) is 5.75 Å². The monoisotopic (exact) mass is 442 g/mol. The Kier molecular flexibility index (Phi) is 5.41. The lowest BCUT2D eigenvalue weighted by Gasteiger charge is -2.22. The lowest BCUT2D eigenvalue weighted by molar-refractivity contribution is -0.114. The highest BCUT2D eigenvalue weighted by atomic mass is 32.2. The number of rotatable bonds is 6. The van der Waals surface area contributed by atoms with Gasteiger partial charge in [-0.1, -0.05) is 48.2 Å². The molecule has 1 N–H and O–H groups in total. The Morgan fingerprint density at radius 1 is 1.12 bits per heavy atom. The standard InChI is InChI=1S/C25H22N4O2S/c1-17-15-29-23(26)21(24(30)27-25(29)32-17)14-18-16-28(22-11-6-5-10-20(18)22)12-7-13-31-19-8-3-2-4-9-19/h2-6,8-11,14-16,26H,7,12-13H2,1H3/b21-14+,26-23?. The number of aromatic nitrogens is 1. The minimum atomic E-state index is -0.370. The molecule has 160 valence electrons. The predicted molar refractivity (Wildman–Crippen MR) is 130 cm³/mol. The van der Waals surface area contributed by atoms with Crippen LogP contribution in [0.15, 0.2) is 82.5 Å². The average Bonchev–Trinajstić information content (AvgIpc) is 3.35. The maximum absolute atomic E-state index is 12.7. The maximum Gasteiger partial charge on any atom is 0.283 e. The minimum absolute atomic E-state index is 0.164. The summed E-state index contributed by atoms with van der Waals surface area (Å²) in [6.07, 6.45) is 6.53. The third kappa shape index (κ3) is 3.87. The van der Waals surface area contributed by atoms with Gasteiger partial charge in [-0.15, -0.1) is 0 Å². The van der Waals surface area contributed by atoms with Gasteiger partial charge < -0.3 is 9.30 Å². The van der Waals surface area contributed by atoms with Crippen LogP contribution < -0.4 is 4.74 Å². The summed E-state index contributed by atoms with van der Waals surface area (Å²) in [6.45, 7) is 3.35. The molecule has 7 heteroatoms. The molecule has 0 unspecified atom stereocenters. The zero-order valence-electron chi connectivity index (χ0n) is 17.6. The molecule has 2 aromatic carbocycles. The third-order valence-electron chi connectivity index (χ3n) is 5.37. The molecule has 0 saturated carbocycles. The first-order valence-corrected chi connectivity index (χ1v) is 11.3. The number of amides is 1. The quantitative estimate of drug-likeness (QED) is 0.417. The normalized spacial score (nSPS) is 17.0. The Hall–Kier alpha value is -3.58. The first-order chi connectivity index (χ1) is 15.6. The van der Waals surface area contributed by atoms with Gasteiger partial charge in [0.2, 0.25) is 0 Å². The van der Waals surface area contributed by atoms with Gasteiger partial charge in [0.25, 0.3) is 5.91 Å². The molecule has 0 spiro atoms. The van der Waals surface area contributed by atoms with Crippen molar-refractivity contribution in [3.05, 3.63) is 83.0 Å². The molecule has 5 rings (SSSR count). The number of thioether (sulfide) groups is 1. The molecule has 2 aliphatic heterocycles. The summed E-state index contributed by atoms with van der Waals surface area (Å²) < 4.78 is 8.00. The van der Waals surface area contributed by atoms with E-state index in [1.807, 2.05) is 67.9 Å². The molecule has 1 aromatic heterocycles. The first-order valence-electron chi connectivity index (χ1n) is 10.4. The number of allylic oxidation sites excluding steroid dienone is 1. The van der Waals surface area contributed by atoms with E-state index >= 15 is 0 Å². The fourth-order valence-electron chi connectivity index (χ4n) is 3.87. The number of benzene rings is 2. The van der Waals surface area contributed by atoms with Crippen molar-refractivity contribution in [2.24, 2.45) is 4.99 Å². The zero-order chi connectivity index (χ0) is 22.1. The van der Waals surface area contributed by atoms with Gasteiger partial charge in [0.05, 0.1) is 12.2 Å². The van der Waals surface area contributed by atoms with Crippen molar-refractivity contribution in [1.29, 1.82) is 5.41 Å². The molecule has 6 nitrogen and oxygen atoms in total. The predicted octanol–water partition coefficient (Wildman–Crippen LogP) is 5.28. The van der Waals surface area contributed by atoms with Gasteiger partial charge >= 0.3 is 0 Å². The van der Waals surface area contributed by atoms with E-state index in [2.05, 4.69) is 15.6 Å². The summed E-state index contributed by atoms with van der Waals surface area (Å²) in [6, 6.07) is 17.9. The van der Waals surface area contributed by atoms with Gasteiger partial charge in [-0.05, 0) is 37.6 Å². The number of fused-ring (bicyclic) bond motifs is 2. The summed E-state index contributed by atoms with van der Waals surface area (Å²) in [7, 11) is 0. The molecule has 0 aliphatic carbocycles. The van der Waals surface area contributed by atoms with E-state index in [-0.39, 0.29) is 11.7 Å². The molecule has 32 heavy (non-hydrogen) atoms. The number of aliphatic imine (C=N–C) groups is 1. The van der Waals surface area contributed by atoms with E-state index in [1.54, 1.807) is 11.0 Å². The summed E-state index contributed by atoms with van der Waals surface area (Å²) in [5, 5.41) is 10.1. The average molecular weight is 443 g/mol. The SMILES string of the molecule is CC1=CN2C(=N)/C(=C\c3cn(CCCOc4ccccc4)c4ccccc34)C(=O)N=C2S1. The van der Waals surface area contributed by atoms with Crippen molar-refractivity contribution >= 4 is 45.7 Å². The van der Waals surface area contributed by atoms with Gasteiger partial charge in [-0.25, -0.2) is 0 Å². The van der Waals surface area contributed by atoms with Gasteiger partial charge in [0.15, 0.2) is 5.17 Å². The molecule has 0 radical (unpaired) electrons. The maximum atomic E-state index is 12.7. The Balaban J connectivity index is 1.39. The van der Waals surface area contributed by atoms with Gasteiger partial charge in [0.1, 0.15) is 11.6 Å². The number of amidine groups is 2. The summed E-state index contributed by atoms with van der Waals surface area (Å²) in [5.74, 6) is 0.663. The summed E-state index contributed by atoms with van der Waals surface area (Å²) in [5.41, 5.74) is 2.30. The molecule has 0 fully saturated rings. The van der Waals surface area contributed by atoms with E-state index in [4.69, 9.17) is 10.1 Å². The minimum Gasteiger partial charge on any atom is -0.494 e. The van der Waals surface area contributed by atoms with Crippen LogP contribution in [0.2, 0.25) is 0 Å². The van der Waals surface area contributed by atoms with Crippen LogP contribution >= 0.6 is 11.8 Å². The van der Waals surface area contributed by atoms with Gasteiger partial charge in [-0.2, -0.15) is 4.99 Å². The van der Waals surface area contributed by atoms with Crippen molar-refractivity contribution in [2.45, 2.75) is 19.9 Å².